The number of carbonyl (C=O) groups excluding carboxylic acids is 1. The highest BCUT2D eigenvalue weighted by Gasteiger charge is 2.27. The topological polar surface area (TPSA) is 83.0 Å². The molecule has 0 bridgehead atoms. The molecule has 8 heteroatoms. The van der Waals surface area contributed by atoms with E-state index in [1.807, 2.05) is 18.3 Å². The molecule has 2 fully saturated rings. The molecule has 2 amide bonds. The van der Waals surface area contributed by atoms with Crippen molar-refractivity contribution in [3.63, 3.8) is 0 Å². The molecule has 2 aromatic heterocycles. The molecule has 2 aromatic rings. The lowest BCUT2D eigenvalue weighted by Gasteiger charge is -2.16. The van der Waals surface area contributed by atoms with Crippen LogP contribution in [-0.4, -0.2) is 34.3 Å². The summed E-state index contributed by atoms with van der Waals surface area (Å²) in [7, 11) is 0. The van der Waals surface area contributed by atoms with Crippen molar-refractivity contribution in [1.29, 1.82) is 0 Å². The van der Waals surface area contributed by atoms with E-state index >= 15 is 0 Å². The number of nitrogens with zero attached hydrogens (tertiary/aromatic N) is 4. The maximum Gasteiger partial charge on any atom is 0.321 e. The maximum absolute atomic E-state index is 11.9. The van der Waals surface area contributed by atoms with Crippen molar-refractivity contribution in [3.05, 3.63) is 28.9 Å². The molecule has 126 valence electrons. The van der Waals surface area contributed by atoms with Crippen LogP contribution in [0.5, 0.6) is 0 Å². The van der Waals surface area contributed by atoms with E-state index < -0.39 is 0 Å². The first-order valence-electron chi connectivity index (χ1n) is 8.36. The van der Waals surface area contributed by atoms with Crippen LogP contribution in [0.15, 0.2) is 18.3 Å². The highest BCUT2D eigenvalue weighted by molar-refractivity contribution is 7.15. The van der Waals surface area contributed by atoms with Crippen molar-refractivity contribution in [1.82, 2.24) is 20.5 Å². The quantitative estimate of drug-likeness (QED) is 0.871. The molecule has 0 radical (unpaired) electrons. The minimum absolute atomic E-state index is 0.267. The van der Waals surface area contributed by atoms with Gasteiger partial charge < -0.3 is 10.2 Å². The van der Waals surface area contributed by atoms with Gasteiger partial charge in [0.25, 0.3) is 0 Å². The number of amides is 2. The standard InChI is InChI=1S/C16H20N6OS/c23-15(19-16-21-20-14(24-16)12-4-5-12)18-10-11-3-6-13(17-9-11)22-7-1-2-8-22/h3,6,9,12H,1-2,4-5,7-8,10H2,(H2,18,19,21,23). The van der Waals surface area contributed by atoms with Gasteiger partial charge in [-0.3, -0.25) is 5.32 Å². The monoisotopic (exact) mass is 344 g/mol. The lowest BCUT2D eigenvalue weighted by Crippen LogP contribution is -2.28. The van der Waals surface area contributed by atoms with Crippen LogP contribution in [0.4, 0.5) is 15.7 Å². The van der Waals surface area contributed by atoms with Crippen LogP contribution < -0.4 is 15.5 Å². The van der Waals surface area contributed by atoms with Gasteiger partial charge in [-0.2, -0.15) is 0 Å². The molecule has 1 aliphatic carbocycles. The number of pyridine rings is 1. The summed E-state index contributed by atoms with van der Waals surface area (Å²) in [6.07, 6.45) is 6.66. The van der Waals surface area contributed by atoms with Crippen molar-refractivity contribution in [2.45, 2.75) is 38.1 Å². The molecule has 0 unspecified atom stereocenters. The minimum Gasteiger partial charge on any atom is -0.357 e. The van der Waals surface area contributed by atoms with Crippen molar-refractivity contribution >= 4 is 28.3 Å². The van der Waals surface area contributed by atoms with Crippen LogP contribution in [0.25, 0.3) is 0 Å². The summed E-state index contributed by atoms with van der Waals surface area (Å²) in [5.74, 6) is 1.57. The van der Waals surface area contributed by atoms with Crippen molar-refractivity contribution < 1.29 is 4.79 Å². The van der Waals surface area contributed by atoms with E-state index in [1.54, 1.807) is 0 Å². The normalized spacial score (nSPS) is 17.1. The van der Waals surface area contributed by atoms with E-state index in [0.717, 1.165) is 29.5 Å². The second-order valence-corrected chi connectivity index (χ2v) is 7.26. The van der Waals surface area contributed by atoms with Crippen LogP contribution in [-0.2, 0) is 6.54 Å². The van der Waals surface area contributed by atoms with Gasteiger partial charge in [-0.1, -0.05) is 17.4 Å². The summed E-state index contributed by atoms with van der Waals surface area (Å²) < 4.78 is 0. The van der Waals surface area contributed by atoms with E-state index in [4.69, 9.17) is 0 Å². The van der Waals surface area contributed by atoms with Crippen LogP contribution in [0.1, 0.15) is 42.2 Å². The Kier molecular flexibility index (Phi) is 4.29. The fourth-order valence-corrected chi connectivity index (χ4v) is 3.67. The molecule has 0 aromatic carbocycles. The smallest absolute Gasteiger partial charge is 0.321 e. The number of hydrogen-bond donors (Lipinski definition) is 2. The Hall–Kier alpha value is -2.22. The fourth-order valence-electron chi connectivity index (χ4n) is 2.76. The molecule has 7 nitrogen and oxygen atoms in total. The highest BCUT2D eigenvalue weighted by Crippen LogP contribution is 2.41. The number of hydrogen-bond acceptors (Lipinski definition) is 6. The van der Waals surface area contributed by atoms with E-state index in [1.165, 1.54) is 37.0 Å². The number of rotatable bonds is 5. The first kappa shape index (κ1) is 15.3. The molecule has 4 rings (SSSR count). The highest BCUT2D eigenvalue weighted by atomic mass is 32.1. The molecule has 0 atom stereocenters. The summed E-state index contributed by atoms with van der Waals surface area (Å²) in [4.78, 5) is 18.7. The minimum atomic E-state index is -0.267. The Bertz CT molecular complexity index is 706. The Morgan fingerprint density at radius 1 is 1.25 bits per heavy atom. The predicted octanol–water partition coefficient (Wildman–Crippen LogP) is 2.73. The van der Waals surface area contributed by atoms with E-state index in [2.05, 4.69) is 30.7 Å². The van der Waals surface area contributed by atoms with Gasteiger partial charge >= 0.3 is 6.03 Å². The molecular formula is C16H20N6OS. The first-order chi connectivity index (χ1) is 11.8. The van der Waals surface area contributed by atoms with Gasteiger partial charge in [-0.25, -0.2) is 9.78 Å². The third-order valence-electron chi connectivity index (χ3n) is 4.28. The molecule has 1 aliphatic heterocycles. The van der Waals surface area contributed by atoms with Crippen LogP contribution in [0, 0.1) is 0 Å². The zero-order valence-corrected chi connectivity index (χ0v) is 14.2. The number of anilines is 2. The van der Waals surface area contributed by atoms with Crippen molar-refractivity contribution in [2.24, 2.45) is 0 Å². The number of aromatic nitrogens is 3. The molecule has 1 saturated heterocycles. The van der Waals surface area contributed by atoms with Gasteiger partial charge in [-0.15, -0.1) is 10.2 Å². The number of nitrogens with one attached hydrogen (secondary N) is 2. The van der Waals surface area contributed by atoms with Crippen LogP contribution in [0.3, 0.4) is 0 Å². The van der Waals surface area contributed by atoms with E-state index in [9.17, 15) is 4.79 Å². The molecule has 0 spiro atoms. The average Bonchev–Trinajstić information content (AvgIpc) is 3.10. The van der Waals surface area contributed by atoms with Crippen molar-refractivity contribution in [3.8, 4) is 0 Å². The summed E-state index contributed by atoms with van der Waals surface area (Å²) in [5, 5.41) is 15.3. The molecule has 2 aliphatic rings. The summed E-state index contributed by atoms with van der Waals surface area (Å²) in [5.41, 5.74) is 0.976. The molecule has 24 heavy (non-hydrogen) atoms. The zero-order valence-electron chi connectivity index (χ0n) is 13.4. The Balaban J connectivity index is 1.26. The fraction of sp³-hybridized carbons (Fsp3) is 0.500. The second-order valence-electron chi connectivity index (χ2n) is 6.25. The lowest BCUT2D eigenvalue weighted by atomic mass is 10.3. The number of carbonyl (C=O) groups is 1. The third kappa shape index (κ3) is 3.64. The van der Waals surface area contributed by atoms with Gasteiger partial charge in [0.05, 0.1) is 0 Å². The first-order valence-corrected chi connectivity index (χ1v) is 9.18. The number of urea groups is 1. The maximum atomic E-state index is 11.9. The molecule has 3 heterocycles. The van der Waals surface area contributed by atoms with Gasteiger partial charge in [0.2, 0.25) is 5.13 Å². The van der Waals surface area contributed by atoms with Crippen LogP contribution in [0.2, 0.25) is 0 Å². The SMILES string of the molecule is O=C(NCc1ccc(N2CCCC2)nc1)Nc1nnc(C2CC2)s1. The largest absolute Gasteiger partial charge is 0.357 e. The lowest BCUT2D eigenvalue weighted by molar-refractivity contribution is 0.251. The Morgan fingerprint density at radius 2 is 2.08 bits per heavy atom. The van der Waals surface area contributed by atoms with Crippen molar-refractivity contribution in [2.75, 3.05) is 23.3 Å². The second kappa shape index (κ2) is 6.72. The van der Waals surface area contributed by atoms with Gasteiger partial charge in [-0.05, 0) is 37.3 Å². The van der Waals surface area contributed by atoms with E-state index in [0.29, 0.717) is 17.6 Å². The molecule has 2 N–H and O–H groups in total. The van der Waals surface area contributed by atoms with E-state index in [-0.39, 0.29) is 6.03 Å². The van der Waals surface area contributed by atoms with Gasteiger partial charge in [0.1, 0.15) is 10.8 Å². The zero-order chi connectivity index (χ0) is 16.4. The Labute approximate surface area is 144 Å². The van der Waals surface area contributed by atoms with Crippen LogP contribution >= 0.6 is 11.3 Å². The molecule has 1 saturated carbocycles. The van der Waals surface area contributed by atoms with Gasteiger partial charge in [0, 0.05) is 31.7 Å². The summed E-state index contributed by atoms with van der Waals surface area (Å²) >= 11 is 1.46. The predicted molar refractivity (Wildman–Crippen MR) is 93.4 cm³/mol. The summed E-state index contributed by atoms with van der Waals surface area (Å²) in [6.45, 7) is 2.60. The Morgan fingerprint density at radius 3 is 2.79 bits per heavy atom. The van der Waals surface area contributed by atoms with Gasteiger partial charge in [0.15, 0.2) is 0 Å². The summed E-state index contributed by atoms with van der Waals surface area (Å²) in [6, 6.07) is 3.77. The average molecular weight is 344 g/mol. The third-order valence-corrected chi connectivity index (χ3v) is 5.28. The molecular weight excluding hydrogens is 324 g/mol.